The summed E-state index contributed by atoms with van der Waals surface area (Å²) in [5, 5.41) is 10.1. The average molecular weight is 411 g/mol. The highest BCUT2D eigenvalue weighted by atomic mass is 79.9. The molecule has 1 aliphatic heterocycles. The van der Waals surface area contributed by atoms with Gasteiger partial charge in [0.2, 0.25) is 0 Å². The van der Waals surface area contributed by atoms with Gasteiger partial charge in [-0.15, -0.1) is 0 Å². The number of carbonyl (C=O) groups is 1. The summed E-state index contributed by atoms with van der Waals surface area (Å²) in [6, 6.07) is 6.15. The lowest BCUT2D eigenvalue weighted by atomic mass is 10.00. The summed E-state index contributed by atoms with van der Waals surface area (Å²) in [7, 11) is 0. The molecule has 0 bridgehead atoms. The SMILES string of the molecule is O=C(Nc1ccc(Br)cc1)c1cnn2c1N[C@H](C1CC1)C[C@H]2C(F)F. The summed E-state index contributed by atoms with van der Waals surface area (Å²) in [6.45, 7) is 0. The molecule has 5 nitrogen and oxygen atoms in total. The minimum atomic E-state index is -2.51. The molecule has 132 valence electrons. The summed E-state index contributed by atoms with van der Waals surface area (Å²) in [5.74, 6) is 0.441. The van der Waals surface area contributed by atoms with Gasteiger partial charge in [-0.3, -0.25) is 4.79 Å². The lowest BCUT2D eigenvalue weighted by Crippen LogP contribution is -2.37. The highest BCUT2D eigenvalue weighted by Crippen LogP contribution is 2.42. The van der Waals surface area contributed by atoms with Crippen molar-refractivity contribution in [2.24, 2.45) is 5.92 Å². The molecule has 2 atom stereocenters. The van der Waals surface area contributed by atoms with E-state index < -0.39 is 12.5 Å². The third-order valence-electron chi connectivity index (χ3n) is 4.76. The maximum Gasteiger partial charge on any atom is 0.261 e. The molecule has 2 aliphatic rings. The molecule has 1 saturated carbocycles. The van der Waals surface area contributed by atoms with E-state index in [1.807, 2.05) is 12.1 Å². The van der Waals surface area contributed by atoms with Gasteiger partial charge in [-0.2, -0.15) is 5.10 Å². The van der Waals surface area contributed by atoms with Crippen molar-refractivity contribution < 1.29 is 13.6 Å². The van der Waals surface area contributed by atoms with Crippen molar-refractivity contribution in [1.29, 1.82) is 0 Å². The van der Waals surface area contributed by atoms with Crippen LogP contribution in [0.5, 0.6) is 0 Å². The number of carbonyl (C=O) groups excluding carboxylic acids is 1. The second kappa shape index (κ2) is 6.40. The van der Waals surface area contributed by atoms with Crippen LogP contribution in [0.25, 0.3) is 0 Å². The van der Waals surface area contributed by atoms with Crippen molar-refractivity contribution in [1.82, 2.24) is 9.78 Å². The Balaban J connectivity index is 1.60. The van der Waals surface area contributed by atoms with Gasteiger partial charge in [0.25, 0.3) is 12.3 Å². The predicted molar refractivity (Wildman–Crippen MR) is 94.1 cm³/mol. The minimum Gasteiger partial charge on any atom is -0.367 e. The van der Waals surface area contributed by atoms with Gasteiger partial charge in [0, 0.05) is 16.2 Å². The quantitative estimate of drug-likeness (QED) is 0.789. The zero-order chi connectivity index (χ0) is 17.6. The third-order valence-corrected chi connectivity index (χ3v) is 5.28. The van der Waals surface area contributed by atoms with Crippen molar-refractivity contribution in [3.8, 4) is 0 Å². The minimum absolute atomic E-state index is 0.0255. The third kappa shape index (κ3) is 3.27. The molecule has 0 saturated heterocycles. The molecule has 8 heteroatoms. The van der Waals surface area contributed by atoms with Crippen LogP contribution in [0.15, 0.2) is 34.9 Å². The number of hydrogen-bond acceptors (Lipinski definition) is 3. The van der Waals surface area contributed by atoms with E-state index in [-0.39, 0.29) is 11.9 Å². The van der Waals surface area contributed by atoms with E-state index in [1.54, 1.807) is 12.1 Å². The first-order valence-corrected chi connectivity index (χ1v) is 9.01. The molecular weight excluding hydrogens is 394 g/mol. The molecule has 1 amide bonds. The van der Waals surface area contributed by atoms with Crippen molar-refractivity contribution in [2.45, 2.75) is 37.8 Å². The number of nitrogens with zero attached hydrogens (tertiary/aromatic N) is 2. The van der Waals surface area contributed by atoms with Gasteiger partial charge in [-0.1, -0.05) is 15.9 Å². The summed E-state index contributed by atoms with van der Waals surface area (Å²) in [4.78, 5) is 12.6. The Bertz CT molecular complexity index is 788. The number of amides is 1. The maximum absolute atomic E-state index is 13.5. The van der Waals surface area contributed by atoms with Crippen LogP contribution < -0.4 is 10.6 Å². The fourth-order valence-corrected chi connectivity index (χ4v) is 3.53. The number of anilines is 2. The number of alkyl halides is 2. The van der Waals surface area contributed by atoms with Crippen molar-refractivity contribution in [3.63, 3.8) is 0 Å². The van der Waals surface area contributed by atoms with Gasteiger partial charge in [0.1, 0.15) is 17.4 Å². The number of rotatable bonds is 4. The van der Waals surface area contributed by atoms with Gasteiger partial charge in [0.05, 0.1) is 6.20 Å². The number of nitrogens with one attached hydrogen (secondary N) is 2. The predicted octanol–water partition coefficient (Wildman–Crippen LogP) is 4.30. The van der Waals surface area contributed by atoms with Crippen LogP contribution >= 0.6 is 15.9 Å². The van der Waals surface area contributed by atoms with E-state index in [1.165, 1.54) is 10.9 Å². The largest absolute Gasteiger partial charge is 0.367 e. The summed E-state index contributed by atoms with van der Waals surface area (Å²) >= 11 is 3.34. The number of hydrogen-bond donors (Lipinski definition) is 2. The van der Waals surface area contributed by atoms with Crippen LogP contribution in [0.4, 0.5) is 20.3 Å². The molecule has 2 aromatic rings. The van der Waals surface area contributed by atoms with Gasteiger partial charge in [-0.05, 0) is 49.4 Å². The molecule has 1 aromatic carbocycles. The van der Waals surface area contributed by atoms with E-state index >= 15 is 0 Å². The molecule has 0 unspecified atom stereocenters. The zero-order valence-electron chi connectivity index (χ0n) is 13.3. The zero-order valence-corrected chi connectivity index (χ0v) is 14.8. The average Bonchev–Trinajstić information content (AvgIpc) is 3.35. The number of halogens is 3. The Kier molecular flexibility index (Phi) is 4.23. The molecule has 25 heavy (non-hydrogen) atoms. The van der Waals surface area contributed by atoms with Gasteiger partial charge in [0.15, 0.2) is 0 Å². The first kappa shape index (κ1) is 16.5. The fourth-order valence-electron chi connectivity index (χ4n) is 3.27. The molecule has 4 rings (SSSR count). The standard InChI is InChI=1S/C17H17BrF2N4O/c18-10-3-5-11(6-4-10)22-17(25)12-8-21-24-14(15(19)20)7-13(9-1-2-9)23-16(12)24/h3-6,8-9,13-15,23H,1-2,7H2,(H,22,25)/t13-,14-/m0/s1. The Labute approximate surface area is 151 Å². The van der Waals surface area contributed by atoms with Gasteiger partial charge in [-0.25, -0.2) is 13.5 Å². The Hall–Kier alpha value is -1.96. The number of benzene rings is 1. The Morgan fingerprint density at radius 1 is 1.32 bits per heavy atom. The molecule has 1 aliphatic carbocycles. The van der Waals surface area contributed by atoms with Crippen LogP contribution in [0.2, 0.25) is 0 Å². The van der Waals surface area contributed by atoms with Gasteiger partial charge >= 0.3 is 0 Å². The van der Waals surface area contributed by atoms with Crippen molar-refractivity contribution in [3.05, 3.63) is 40.5 Å². The first-order chi connectivity index (χ1) is 12.0. The van der Waals surface area contributed by atoms with Crippen molar-refractivity contribution >= 4 is 33.3 Å². The molecule has 2 N–H and O–H groups in total. The number of aromatic nitrogens is 2. The van der Waals surface area contributed by atoms with Crippen LogP contribution in [0.3, 0.4) is 0 Å². The second-order valence-corrected chi connectivity index (χ2v) is 7.45. The molecule has 0 spiro atoms. The highest BCUT2D eigenvalue weighted by Gasteiger charge is 2.41. The smallest absolute Gasteiger partial charge is 0.261 e. The van der Waals surface area contributed by atoms with Gasteiger partial charge < -0.3 is 10.6 Å². The molecule has 2 heterocycles. The van der Waals surface area contributed by atoms with E-state index in [9.17, 15) is 13.6 Å². The summed E-state index contributed by atoms with van der Waals surface area (Å²) in [5.41, 5.74) is 0.923. The Morgan fingerprint density at radius 2 is 2.04 bits per heavy atom. The normalized spacial score (nSPS) is 22.4. The molecular formula is C17H17BrF2N4O. The van der Waals surface area contributed by atoms with Crippen LogP contribution in [0.1, 0.15) is 35.7 Å². The number of fused-ring (bicyclic) bond motifs is 1. The van der Waals surface area contributed by atoms with E-state index in [0.717, 1.165) is 17.3 Å². The molecule has 1 fully saturated rings. The second-order valence-electron chi connectivity index (χ2n) is 6.54. The lowest BCUT2D eigenvalue weighted by molar-refractivity contribution is 0.0644. The Morgan fingerprint density at radius 3 is 2.68 bits per heavy atom. The summed E-state index contributed by atoms with van der Waals surface area (Å²) in [6.07, 6.45) is 1.28. The molecule has 0 radical (unpaired) electrons. The fraction of sp³-hybridized carbons (Fsp3) is 0.412. The molecule has 1 aromatic heterocycles. The highest BCUT2D eigenvalue weighted by molar-refractivity contribution is 9.10. The van der Waals surface area contributed by atoms with E-state index in [4.69, 9.17) is 0 Å². The maximum atomic E-state index is 13.5. The first-order valence-electron chi connectivity index (χ1n) is 8.22. The van der Waals surface area contributed by atoms with Crippen LogP contribution in [0, 0.1) is 5.92 Å². The lowest BCUT2D eigenvalue weighted by Gasteiger charge is -2.32. The van der Waals surface area contributed by atoms with Crippen LogP contribution in [-0.4, -0.2) is 28.2 Å². The summed E-state index contributed by atoms with van der Waals surface area (Å²) < 4.78 is 29.1. The van der Waals surface area contributed by atoms with Crippen molar-refractivity contribution in [2.75, 3.05) is 10.6 Å². The topological polar surface area (TPSA) is 59.0 Å². The monoisotopic (exact) mass is 410 g/mol. The van der Waals surface area contributed by atoms with E-state index in [2.05, 4.69) is 31.7 Å². The van der Waals surface area contributed by atoms with E-state index in [0.29, 0.717) is 29.4 Å². The van der Waals surface area contributed by atoms with Crippen LogP contribution in [-0.2, 0) is 0 Å².